The largest absolute Gasteiger partial charge is 0.381 e. The topological polar surface area (TPSA) is 52.6 Å². The van der Waals surface area contributed by atoms with Crippen LogP contribution in [0.25, 0.3) is 0 Å². The van der Waals surface area contributed by atoms with Gasteiger partial charge >= 0.3 is 0 Å². The van der Waals surface area contributed by atoms with E-state index in [1.165, 1.54) is 14.2 Å². The lowest BCUT2D eigenvalue weighted by Gasteiger charge is -2.13. The Morgan fingerprint density at radius 2 is 1.31 bits per heavy atom. The fourth-order valence-electron chi connectivity index (χ4n) is 0.919. The van der Waals surface area contributed by atoms with Gasteiger partial charge in [0.05, 0.1) is 23.7 Å². The summed E-state index contributed by atoms with van der Waals surface area (Å²) in [6, 6.07) is 0. The summed E-state index contributed by atoms with van der Waals surface area (Å²) in [6.07, 6.45) is -0.511. The molecular formula is C8H18O4S. The van der Waals surface area contributed by atoms with E-state index in [-0.39, 0.29) is 23.7 Å². The second-order valence-corrected chi connectivity index (χ2v) is 5.32. The smallest absolute Gasteiger partial charge is 0.155 e. The van der Waals surface area contributed by atoms with Gasteiger partial charge < -0.3 is 9.47 Å². The second-order valence-electron chi connectivity index (χ2n) is 3.17. The summed E-state index contributed by atoms with van der Waals surface area (Å²) in [5, 5.41) is 0. The molecule has 0 saturated carbocycles. The molecule has 0 aliphatic heterocycles. The van der Waals surface area contributed by atoms with Gasteiger partial charge in [0.1, 0.15) is 0 Å². The molecule has 0 heterocycles. The zero-order valence-electron chi connectivity index (χ0n) is 8.61. The lowest BCUT2D eigenvalue weighted by atomic mass is 10.5. The Morgan fingerprint density at radius 3 is 1.54 bits per heavy atom. The van der Waals surface area contributed by atoms with E-state index in [1.807, 2.05) is 0 Å². The maximum Gasteiger partial charge on any atom is 0.155 e. The number of hydrogen-bond acceptors (Lipinski definition) is 4. The summed E-state index contributed by atoms with van der Waals surface area (Å²) >= 11 is 0. The van der Waals surface area contributed by atoms with Gasteiger partial charge in [0.15, 0.2) is 9.84 Å². The van der Waals surface area contributed by atoms with E-state index < -0.39 is 9.84 Å². The third-order valence-corrected chi connectivity index (χ3v) is 3.74. The van der Waals surface area contributed by atoms with E-state index in [1.54, 1.807) is 13.8 Å². The van der Waals surface area contributed by atoms with Crippen molar-refractivity contribution < 1.29 is 17.9 Å². The lowest BCUT2D eigenvalue weighted by Crippen LogP contribution is -2.27. The van der Waals surface area contributed by atoms with Gasteiger partial charge in [-0.1, -0.05) is 0 Å². The molecule has 4 nitrogen and oxygen atoms in total. The van der Waals surface area contributed by atoms with Crippen LogP contribution in [0.4, 0.5) is 0 Å². The Bertz CT molecular complexity index is 204. The summed E-state index contributed by atoms with van der Waals surface area (Å²) < 4.78 is 32.6. The van der Waals surface area contributed by atoms with Crippen LogP contribution in [-0.2, 0) is 19.3 Å². The van der Waals surface area contributed by atoms with Crippen molar-refractivity contribution in [1.82, 2.24) is 0 Å². The fourth-order valence-corrected chi connectivity index (χ4v) is 2.76. The molecule has 0 aliphatic carbocycles. The molecule has 0 radical (unpaired) electrons. The normalized spacial score (nSPS) is 16.9. The summed E-state index contributed by atoms with van der Waals surface area (Å²) in [6.45, 7) is 3.46. The summed E-state index contributed by atoms with van der Waals surface area (Å²) in [4.78, 5) is 0. The predicted octanol–water partition coefficient (Wildman–Crippen LogP) is 0.471. The van der Waals surface area contributed by atoms with Crippen LogP contribution in [0.1, 0.15) is 13.8 Å². The third kappa shape index (κ3) is 6.01. The van der Waals surface area contributed by atoms with Crippen molar-refractivity contribution in [3.05, 3.63) is 0 Å². The van der Waals surface area contributed by atoms with Crippen LogP contribution in [-0.4, -0.2) is 46.4 Å². The van der Waals surface area contributed by atoms with Crippen molar-refractivity contribution in [3.8, 4) is 0 Å². The van der Waals surface area contributed by atoms with Gasteiger partial charge in [-0.25, -0.2) is 8.42 Å². The van der Waals surface area contributed by atoms with Crippen LogP contribution in [0.5, 0.6) is 0 Å². The highest BCUT2D eigenvalue weighted by molar-refractivity contribution is 7.91. The molecule has 0 amide bonds. The third-order valence-electron chi connectivity index (χ3n) is 1.78. The molecule has 0 aromatic heterocycles. The van der Waals surface area contributed by atoms with Crippen LogP contribution < -0.4 is 0 Å². The molecule has 0 bridgehead atoms. The molecule has 0 saturated heterocycles. The molecule has 5 heteroatoms. The molecule has 0 rings (SSSR count). The molecule has 0 spiro atoms. The maximum absolute atomic E-state index is 11.4. The van der Waals surface area contributed by atoms with E-state index >= 15 is 0 Å². The average Bonchev–Trinajstić information content (AvgIpc) is 2.02. The second kappa shape index (κ2) is 5.57. The Morgan fingerprint density at radius 1 is 1.00 bits per heavy atom. The van der Waals surface area contributed by atoms with Gasteiger partial charge in [0, 0.05) is 14.2 Å². The number of rotatable bonds is 6. The molecule has 2 atom stereocenters. The molecule has 0 aliphatic rings. The summed E-state index contributed by atoms with van der Waals surface area (Å²) in [7, 11) is -0.0544. The molecule has 0 aromatic carbocycles. The van der Waals surface area contributed by atoms with Gasteiger partial charge in [0.25, 0.3) is 0 Å². The molecular weight excluding hydrogens is 192 g/mol. The van der Waals surface area contributed by atoms with Gasteiger partial charge in [0.2, 0.25) is 0 Å². The van der Waals surface area contributed by atoms with E-state index in [9.17, 15) is 8.42 Å². The van der Waals surface area contributed by atoms with Crippen LogP contribution in [0.2, 0.25) is 0 Å². The first-order valence-corrected chi connectivity index (χ1v) is 5.99. The van der Waals surface area contributed by atoms with Crippen LogP contribution in [0.3, 0.4) is 0 Å². The van der Waals surface area contributed by atoms with Crippen molar-refractivity contribution in [3.63, 3.8) is 0 Å². The minimum absolute atomic E-state index is 0.0528. The number of sulfone groups is 1. The predicted molar refractivity (Wildman–Crippen MR) is 51.6 cm³/mol. The van der Waals surface area contributed by atoms with Crippen molar-refractivity contribution in [2.45, 2.75) is 26.1 Å². The van der Waals surface area contributed by atoms with Crippen molar-refractivity contribution >= 4 is 9.84 Å². The Kier molecular flexibility index (Phi) is 5.51. The highest BCUT2D eigenvalue weighted by atomic mass is 32.2. The molecule has 13 heavy (non-hydrogen) atoms. The maximum atomic E-state index is 11.4. The van der Waals surface area contributed by atoms with Gasteiger partial charge in [-0.05, 0) is 13.8 Å². The number of hydrogen-bond donors (Lipinski definition) is 0. The molecule has 2 unspecified atom stereocenters. The zero-order chi connectivity index (χ0) is 10.5. The Hall–Kier alpha value is -0.130. The first-order chi connectivity index (χ1) is 5.91. The van der Waals surface area contributed by atoms with E-state index in [4.69, 9.17) is 9.47 Å². The Balaban J connectivity index is 4.09. The van der Waals surface area contributed by atoms with Gasteiger partial charge in [-0.3, -0.25) is 0 Å². The minimum Gasteiger partial charge on any atom is -0.381 e. The highest BCUT2D eigenvalue weighted by Gasteiger charge is 2.18. The van der Waals surface area contributed by atoms with Crippen molar-refractivity contribution in [1.29, 1.82) is 0 Å². The van der Waals surface area contributed by atoms with E-state index in [2.05, 4.69) is 0 Å². The van der Waals surface area contributed by atoms with Crippen LogP contribution >= 0.6 is 0 Å². The standard InChI is InChI=1S/C8H18O4S/c1-7(11-3)5-13(9,10)6-8(2)12-4/h7-8H,5-6H2,1-4H3. The molecule has 0 fully saturated rings. The first kappa shape index (κ1) is 12.9. The number of ether oxygens (including phenoxy) is 2. The van der Waals surface area contributed by atoms with Crippen LogP contribution in [0.15, 0.2) is 0 Å². The lowest BCUT2D eigenvalue weighted by molar-refractivity contribution is 0.130. The highest BCUT2D eigenvalue weighted by Crippen LogP contribution is 2.01. The molecule has 0 aromatic rings. The quantitative estimate of drug-likeness (QED) is 0.639. The minimum atomic E-state index is -3.05. The average molecular weight is 210 g/mol. The monoisotopic (exact) mass is 210 g/mol. The van der Waals surface area contributed by atoms with Gasteiger partial charge in [-0.2, -0.15) is 0 Å². The summed E-state index contributed by atoms with van der Waals surface area (Å²) in [5.41, 5.74) is 0. The first-order valence-electron chi connectivity index (χ1n) is 4.17. The number of methoxy groups -OCH3 is 2. The van der Waals surface area contributed by atoms with Crippen molar-refractivity contribution in [2.24, 2.45) is 0 Å². The zero-order valence-corrected chi connectivity index (χ0v) is 9.43. The SMILES string of the molecule is COC(C)CS(=O)(=O)CC(C)OC. The molecule has 80 valence electrons. The van der Waals surface area contributed by atoms with Gasteiger partial charge in [-0.15, -0.1) is 0 Å². The van der Waals surface area contributed by atoms with Crippen molar-refractivity contribution in [2.75, 3.05) is 25.7 Å². The van der Waals surface area contributed by atoms with E-state index in [0.29, 0.717) is 0 Å². The Labute approximate surface area is 80.1 Å². The fraction of sp³-hybridized carbons (Fsp3) is 1.00. The summed E-state index contributed by atoms with van der Waals surface area (Å²) in [5.74, 6) is 0.106. The molecule has 0 N–H and O–H groups in total. The van der Waals surface area contributed by atoms with Crippen LogP contribution in [0, 0.1) is 0 Å². The van der Waals surface area contributed by atoms with E-state index in [0.717, 1.165) is 0 Å².